The summed E-state index contributed by atoms with van der Waals surface area (Å²) in [4.78, 5) is 19.5. The number of benzene rings is 2. The minimum absolute atomic E-state index is 0.210. The molecule has 0 bridgehead atoms. The number of rotatable bonds is 5. The third-order valence-electron chi connectivity index (χ3n) is 5.40. The van der Waals surface area contributed by atoms with Crippen LogP contribution >= 0.6 is 11.8 Å². The lowest BCUT2D eigenvalue weighted by atomic mass is 10.2. The van der Waals surface area contributed by atoms with Crippen LogP contribution in [0.3, 0.4) is 0 Å². The predicted molar refractivity (Wildman–Crippen MR) is 121 cm³/mol. The zero-order valence-corrected chi connectivity index (χ0v) is 19.4. The number of piperazine rings is 1. The zero-order valence-electron chi connectivity index (χ0n) is 17.7. The molecule has 1 saturated heterocycles. The maximum atomic E-state index is 13.4. The van der Waals surface area contributed by atoms with Gasteiger partial charge in [0.1, 0.15) is 11.5 Å². The van der Waals surface area contributed by atoms with Gasteiger partial charge < -0.3 is 4.90 Å². The van der Waals surface area contributed by atoms with Crippen LogP contribution in [0.15, 0.2) is 64.8 Å². The van der Waals surface area contributed by atoms with E-state index in [4.69, 9.17) is 0 Å². The Morgan fingerprint density at radius 3 is 2.22 bits per heavy atom. The second-order valence-corrected chi connectivity index (χ2v) is 10.2. The molecule has 2 aromatic carbocycles. The number of aryl methyl sites for hydroxylation is 1. The Balaban J connectivity index is 1.52. The standard InChI is InChI=1S/C22H23FN4O3S2/c1-16-3-9-19(10-4-16)32(29,30)26-13-11-25(12-14-26)21(28)20-15-24-22(31-2)27(20)18-7-5-17(23)6-8-18/h3-10,15H,11-14H2,1-2H3. The van der Waals surface area contributed by atoms with Gasteiger partial charge in [-0.25, -0.2) is 17.8 Å². The van der Waals surface area contributed by atoms with Crippen molar-refractivity contribution in [2.75, 3.05) is 32.4 Å². The summed E-state index contributed by atoms with van der Waals surface area (Å²) in [5.74, 6) is -0.604. The highest BCUT2D eigenvalue weighted by atomic mass is 32.2. The monoisotopic (exact) mass is 474 g/mol. The summed E-state index contributed by atoms with van der Waals surface area (Å²) < 4.78 is 42.3. The molecule has 1 amide bonds. The van der Waals surface area contributed by atoms with E-state index in [-0.39, 0.29) is 42.8 Å². The first-order valence-corrected chi connectivity index (χ1v) is 12.7. The van der Waals surface area contributed by atoms with Gasteiger partial charge in [0.2, 0.25) is 10.0 Å². The van der Waals surface area contributed by atoms with Crippen LogP contribution in [0.1, 0.15) is 16.1 Å². The van der Waals surface area contributed by atoms with Crippen LogP contribution in [-0.2, 0) is 10.0 Å². The summed E-state index contributed by atoms with van der Waals surface area (Å²) in [7, 11) is -3.61. The molecule has 0 saturated carbocycles. The molecule has 1 aliphatic rings. The lowest BCUT2D eigenvalue weighted by molar-refractivity contribution is 0.0689. The normalized spacial score (nSPS) is 15.2. The molecule has 3 aromatic rings. The first-order valence-electron chi connectivity index (χ1n) is 10.0. The van der Waals surface area contributed by atoms with E-state index in [1.165, 1.54) is 34.4 Å². The SMILES string of the molecule is CSc1ncc(C(=O)N2CCN(S(=O)(=O)c3ccc(C)cc3)CC2)n1-c1ccc(F)cc1. The van der Waals surface area contributed by atoms with Crippen LogP contribution in [-0.4, -0.2) is 65.5 Å². The number of carbonyl (C=O) groups is 1. The first-order chi connectivity index (χ1) is 15.3. The second kappa shape index (κ2) is 9.05. The number of hydrogen-bond acceptors (Lipinski definition) is 5. The van der Waals surface area contributed by atoms with Gasteiger partial charge in [-0.15, -0.1) is 0 Å². The van der Waals surface area contributed by atoms with Crippen LogP contribution in [0, 0.1) is 12.7 Å². The van der Waals surface area contributed by atoms with Gasteiger partial charge in [-0.1, -0.05) is 29.5 Å². The summed E-state index contributed by atoms with van der Waals surface area (Å²) in [5.41, 5.74) is 1.98. The van der Waals surface area contributed by atoms with Gasteiger partial charge in [-0.2, -0.15) is 4.31 Å². The largest absolute Gasteiger partial charge is 0.335 e. The Kier molecular flexibility index (Phi) is 6.36. The second-order valence-electron chi connectivity index (χ2n) is 7.45. The van der Waals surface area contributed by atoms with Crippen molar-refractivity contribution in [3.8, 4) is 5.69 Å². The van der Waals surface area contributed by atoms with Crippen LogP contribution in [0.2, 0.25) is 0 Å². The van der Waals surface area contributed by atoms with Crippen molar-refractivity contribution in [1.29, 1.82) is 0 Å². The highest BCUT2D eigenvalue weighted by Crippen LogP contribution is 2.24. The van der Waals surface area contributed by atoms with Crippen molar-refractivity contribution in [1.82, 2.24) is 18.8 Å². The van der Waals surface area contributed by atoms with Crippen molar-refractivity contribution in [2.24, 2.45) is 0 Å². The third-order valence-corrected chi connectivity index (χ3v) is 7.97. The number of thioether (sulfide) groups is 1. The lowest BCUT2D eigenvalue weighted by Crippen LogP contribution is -2.50. The molecule has 168 valence electrons. The van der Waals surface area contributed by atoms with Crippen molar-refractivity contribution in [3.05, 3.63) is 71.8 Å². The molecule has 32 heavy (non-hydrogen) atoms. The fourth-order valence-electron chi connectivity index (χ4n) is 3.62. The van der Waals surface area contributed by atoms with Gasteiger partial charge in [0, 0.05) is 31.9 Å². The van der Waals surface area contributed by atoms with E-state index in [0.717, 1.165) is 5.56 Å². The smallest absolute Gasteiger partial charge is 0.272 e. The molecular weight excluding hydrogens is 451 g/mol. The molecule has 0 radical (unpaired) electrons. The Labute approximate surface area is 190 Å². The van der Waals surface area contributed by atoms with Crippen molar-refractivity contribution < 1.29 is 17.6 Å². The summed E-state index contributed by atoms with van der Waals surface area (Å²) >= 11 is 1.38. The predicted octanol–water partition coefficient (Wildman–Crippen LogP) is 3.19. The fraction of sp³-hybridized carbons (Fsp3) is 0.273. The van der Waals surface area contributed by atoms with Crippen LogP contribution in [0.5, 0.6) is 0 Å². The average molecular weight is 475 g/mol. The minimum Gasteiger partial charge on any atom is -0.335 e. The number of carbonyl (C=O) groups excluding carboxylic acids is 1. The van der Waals surface area contributed by atoms with E-state index in [1.54, 1.807) is 45.9 Å². The first kappa shape index (κ1) is 22.5. The Morgan fingerprint density at radius 2 is 1.62 bits per heavy atom. The number of imidazole rings is 1. The highest BCUT2D eigenvalue weighted by Gasteiger charge is 2.32. The maximum absolute atomic E-state index is 13.4. The molecule has 1 aliphatic heterocycles. The van der Waals surface area contributed by atoms with E-state index in [0.29, 0.717) is 16.5 Å². The van der Waals surface area contributed by atoms with Crippen LogP contribution in [0.25, 0.3) is 5.69 Å². The van der Waals surface area contributed by atoms with Crippen molar-refractivity contribution >= 4 is 27.7 Å². The van der Waals surface area contributed by atoms with Crippen molar-refractivity contribution in [2.45, 2.75) is 17.0 Å². The van der Waals surface area contributed by atoms with Gasteiger partial charge >= 0.3 is 0 Å². The Hall–Kier alpha value is -2.69. The number of aromatic nitrogens is 2. The number of sulfonamides is 1. The van der Waals surface area contributed by atoms with Gasteiger partial charge in [0.15, 0.2) is 5.16 Å². The van der Waals surface area contributed by atoms with Gasteiger partial charge in [0.25, 0.3) is 5.91 Å². The summed E-state index contributed by atoms with van der Waals surface area (Å²) in [6.07, 6.45) is 3.36. The number of hydrogen-bond donors (Lipinski definition) is 0. The average Bonchev–Trinajstić information content (AvgIpc) is 3.23. The van der Waals surface area contributed by atoms with Gasteiger partial charge in [-0.05, 0) is 49.6 Å². The third kappa shape index (κ3) is 4.30. The maximum Gasteiger partial charge on any atom is 0.272 e. The van der Waals surface area contributed by atoms with E-state index in [9.17, 15) is 17.6 Å². The van der Waals surface area contributed by atoms with E-state index in [2.05, 4.69) is 4.98 Å². The number of nitrogens with zero attached hydrogens (tertiary/aromatic N) is 4. The highest BCUT2D eigenvalue weighted by molar-refractivity contribution is 7.98. The Bertz CT molecular complexity index is 1220. The molecule has 1 fully saturated rings. The van der Waals surface area contributed by atoms with E-state index >= 15 is 0 Å². The number of halogens is 1. The van der Waals surface area contributed by atoms with E-state index in [1.807, 2.05) is 13.2 Å². The molecule has 7 nitrogen and oxygen atoms in total. The zero-order chi connectivity index (χ0) is 22.9. The lowest BCUT2D eigenvalue weighted by Gasteiger charge is -2.34. The van der Waals surface area contributed by atoms with E-state index < -0.39 is 10.0 Å². The molecule has 0 unspecified atom stereocenters. The molecular formula is C22H23FN4O3S2. The summed E-state index contributed by atoms with van der Waals surface area (Å²) in [6.45, 7) is 2.87. The molecule has 1 aromatic heterocycles. The quantitative estimate of drug-likeness (QED) is 0.531. The molecule has 0 atom stereocenters. The molecule has 2 heterocycles. The van der Waals surface area contributed by atoms with Gasteiger partial charge in [0.05, 0.1) is 11.1 Å². The van der Waals surface area contributed by atoms with Crippen molar-refractivity contribution in [3.63, 3.8) is 0 Å². The van der Waals surface area contributed by atoms with Crippen LogP contribution < -0.4 is 0 Å². The van der Waals surface area contributed by atoms with Crippen LogP contribution in [0.4, 0.5) is 4.39 Å². The summed E-state index contributed by atoms with van der Waals surface area (Å²) in [5, 5.41) is 0.612. The molecule has 0 aliphatic carbocycles. The molecule has 0 N–H and O–H groups in total. The minimum atomic E-state index is -3.61. The topological polar surface area (TPSA) is 75.5 Å². The number of amides is 1. The summed E-state index contributed by atoms with van der Waals surface area (Å²) in [6, 6.07) is 12.6. The molecule has 0 spiro atoms. The van der Waals surface area contributed by atoms with Gasteiger partial charge in [-0.3, -0.25) is 9.36 Å². The fourth-order valence-corrected chi connectivity index (χ4v) is 5.59. The Morgan fingerprint density at radius 1 is 1.00 bits per heavy atom. The molecule has 10 heteroatoms. The molecule has 4 rings (SSSR count).